The molecule has 3 heterocycles. The van der Waals surface area contributed by atoms with Gasteiger partial charge in [0.25, 0.3) is 0 Å². The van der Waals surface area contributed by atoms with E-state index in [9.17, 15) is 4.79 Å². The van der Waals surface area contributed by atoms with Crippen molar-refractivity contribution < 1.29 is 4.79 Å². The van der Waals surface area contributed by atoms with E-state index in [2.05, 4.69) is 62.1 Å². The number of thiol groups is 1. The monoisotopic (exact) mass is 369 g/mol. The molecule has 0 radical (unpaired) electrons. The second-order valence-electron chi connectivity index (χ2n) is 5.89. The van der Waals surface area contributed by atoms with Crippen LogP contribution in [0.4, 0.5) is 5.82 Å². The molecule has 1 atom stereocenters. The second-order valence-corrected chi connectivity index (χ2v) is 8.72. The van der Waals surface area contributed by atoms with Crippen LogP contribution in [0.3, 0.4) is 0 Å². The highest BCUT2D eigenvalue weighted by molar-refractivity contribution is 8.22. The molecule has 1 aliphatic heterocycles. The average molecular weight is 370 g/mol. The van der Waals surface area contributed by atoms with Crippen molar-refractivity contribution in [3.63, 3.8) is 0 Å². The summed E-state index contributed by atoms with van der Waals surface area (Å²) >= 11 is 1.77. The normalized spacial score (nSPS) is 17.8. The quantitative estimate of drug-likeness (QED) is 0.535. The van der Waals surface area contributed by atoms with Gasteiger partial charge in [-0.2, -0.15) is 16.0 Å². The molecule has 128 valence electrons. The molecule has 1 amide bonds. The van der Waals surface area contributed by atoms with Gasteiger partial charge in [0.15, 0.2) is 5.82 Å². The molecule has 1 aliphatic rings. The molecule has 0 aliphatic carbocycles. The lowest BCUT2D eigenvalue weighted by Crippen LogP contribution is -2.10. The van der Waals surface area contributed by atoms with Crippen molar-refractivity contribution >= 4 is 50.4 Å². The predicted molar refractivity (Wildman–Crippen MR) is 108 cm³/mol. The van der Waals surface area contributed by atoms with Crippen molar-refractivity contribution in [2.24, 2.45) is 0 Å². The highest BCUT2D eigenvalue weighted by Gasteiger charge is 2.14. The Bertz CT molecular complexity index is 970. The van der Waals surface area contributed by atoms with Crippen molar-refractivity contribution in [2.75, 3.05) is 5.32 Å². The number of aromatic amines is 1. The molecule has 6 heteroatoms. The number of amides is 1. The number of aromatic nitrogens is 2. The van der Waals surface area contributed by atoms with Crippen LogP contribution in [-0.2, 0) is 4.79 Å². The van der Waals surface area contributed by atoms with Crippen LogP contribution >= 0.6 is 22.2 Å². The zero-order chi connectivity index (χ0) is 17.2. The maximum Gasteiger partial charge on any atom is 0.225 e. The van der Waals surface area contributed by atoms with E-state index in [4.69, 9.17) is 0 Å². The smallest absolute Gasteiger partial charge is 0.225 e. The van der Waals surface area contributed by atoms with Crippen LogP contribution in [0.2, 0.25) is 0 Å². The second kappa shape index (κ2) is 6.90. The minimum absolute atomic E-state index is 0.00611. The van der Waals surface area contributed by atoms with Crippen LogP contribution in [-0.4, -0.2) is 16.1 Å². The molecular weight excluding hydrogens is 350 g/mol. The van der Waals surface area contributed by atoms with Crippen molar-refractivity contribution in [1.29, 1.82) is 0 Å². The Morgan fingerprint density at radius 3 is 3.08 bits per heavy atom. The van der Waals surface area contributed by atoms with Crippen LogP contribution in [0.1, 0.15) is 24.6 Å². The first-order chi connectivity index (χ1) is 12.2. The molecule has 2 N–H and O–H groups in total. The summed E-state index contributed by atoms with van der Waals surface area (Å²) in [5, 5.41) is 17.9. The first kappa shape index (κ1) is 16.2. The summed E-state index contributed by atoms with van der Waals surface area (Å²) in [5.74, 6) is 0.621. The number of hydrogen-bond acceptors (Lipinski definition) is 3. The molecule has 0 bridgehead atoms. The molecule has 0 saturated carbocycles. The van der Waals surface area contributed by atoms with Crippen LogP contribution in [0.15, 0.2) is 57.5 Å². The standard InChI is InChI=1S/C19H19N3OS2/c1-2-4-18(23)20-19-15-7-6-14(11-16(15)21-22-19)25-10-8-13(12-25)17-5-3-9-24-17/h3,5-12,25H,2,4H2,1H3,(H2,20,21,22,23). The minimum Gasteiger partial charge on any atom is -0.309 e. The lowest BCUT2D eigenvalue weighted by Gasteiger charge is -2.10. The van der Waals surface area contributed by atoms with Crippen LogP contribution in [0, 0.1) is 0 Å². The summed E-state index contributed by atoms with van der Waals surface area (Å²) < 4.78 is 0. The zero-order valence-corrected chi connectivity index (χ0v) is 15.5. The fraction of sp³-hybridized carbons (Fsp3) is 0.158. The molecule has 0 saturated heterocycles. The van der Waals surface area contributed by atoms with Gasteiger partial charge in [0.2, 0.25) is 5.91 Å². The minimum atomic E-state index is -0.442. The SMILES string of the molecule is CCCC(=O)Nc1n[nH]c2cc([SH]3C=CC(c4cccs4)=C3)ccc12. The Morgan fingerprint density at radius 1 is 1.36 bits per heavy atom. The number of H-pyrrole nitrogens is 1. The van der Waals surface area contributed by atoms with Crippen LogP contribution < -0.4 is 5.32 Å². The van der Waals surface area contributed by atoms with Gasteiger partial charge in [-0.1, -0.05) is 13.0 Å². The Hall–Kier alpha value is -2.31. The van der Waals surface area contributed by atoms with Crippen LogP contribution in [0.25, 0.3) is 16.5 Å². The average Bonchev–Trinajstić information content (AvgIpc) is 3.35. The Kier molecular flexibility index (Phi) is 4.46. The molecule has 1 aromatic carbocycles. The van der Waals surface area contributed by atoms with Crippen molar-refractivity contribution in [3.05, 3.63) is 57.5 Å². The van der Waals surface area contributed by atoms with Crippen molar-refractivity contribution in [1.82, 2.24) is 10.2 Å². The number of rotatable bonds is 5. The van der Waals surface area contributed by atoms with Gasteiger partial charge in [-0.05, 0) is 63.4 Å². The van der Waals surface area contributed by atoms with Crippen LogP contribution in [0.5, 0.6) is 0 Å². The van der Waals surface area contributed by atoms with Gasteiger partial charge in [0.05, 0.1) is 5.52 Å². The molecular formula is C19H19N3OS2. The number of nitrogens with one attached hydrogen (secondary N) is 2. The molecule has 0 fully saturated rings. The fourth-order valence-corrected chi connectivity index (χ4v) is 5.42. The van der Waals surface area contributed by atoms with Crippen molar-refractivity contribution in [2.45, 2.75) is 24.7 Å². The van der Waals surface area contributed by atoms with Gasteiger partial charge in [0, 0.05) is 16.7 Å². The maximum absolute atomic E-state index is 11.8. The highest BCUT2D eigenvalue weighted by Crippen LogP contribution is 2.47. The molecule has 4 nitrogen and oxygen atoms in total. The van der Waals surface area contributed by atoms with E-state index in [1.807, 2.05) is 13.0 Å². The number of benzene rings is 1. The van der Waals surface area contributed by atoms with E-state index in [0.717, 1.165) is 17.3 Å². The first-order valence-corrected chi connectivity index (χ1v) is 10.6. The Labute approximate surface area is 153 Å². The Balaban J connectivity index is 1.59. The lowest BCUT2D eigenvalue weighted by atomic mass is 10.2. The van der Waals surface area contributed by atoms with Gasteiger partial charge in [-0.3, -0.25) is 9.89 Å². The maximum atomic E-state index is 11.8. The van der Waals surface area contributed by atoms with Gasteiger partial charge >= 0.3 is 0 Å². The van der Waals surface area contributed by atoms with Gasteiger partial charge in [-0.25, -0.2) is 0 Å². The van der Waals surface area contributed by atoms with Crippen molar-refractivity contribution in [3.8, 4) is 0 Å². The largest absolute Gasteiger partial charge is 0.309 e. The summed E-state index contributed by atoms with van der Waals surface area (Å²) in [6.07, 6.45) is 3.55. The molecule has 25 heavy (non-hydrogen) atoms. The number of thiophene rings is 1. The number of nitrogens with zero attached hydrogens (tertiary/aromatic N) is 1. The van der Waals surface area contributed by atoms with E-state index >= 15 is 0 Å². The van der Waals surface area contributed by atoms with E-state index in [0.29, 0.717) is 12.2 Å². The summed E-state index contributed by atoms with van der Waals surface area (Å²) in [5.41, 5.74) is 2.26. The fourth-order valence-electron chi connectivity index (χ4n) is 2.83. The third-order valence-electron chi connectivity index (χ3n) is 4.08. The number of hydrogen-bond donors (Lipinski definition) is 3. The first-order valence-electron chi connectivity index (χ1n) is 8.25. The van der Waals surface area contributed by atoms with E-state index < -0.39 is 10.9 Å². The molecule has 1 unspecified atom stereocenters. The zero-order valence-electron chi connectivity index (χ0n) is 13.8. The number of allylic oxidation sites excluding steroid dienone is 2. The highest BCUT2D eigenvalue weighted by atomic mass is 32.2. The van der Waals surface area contributed by atoms with Gasteiger partial charge in [0.1, 0.15) is 0 Å². The molecule has 4 rings (SSSR count). The van der Waals surface area contributed by atoms with E-state index in [-0.39, 0.29) is 5.91 Å². The third-order valence-corrected chi connectivity index (χ3v) is 6.90. The number of anilines is 1. The molecule has 0 spiro atoms. The lowest BCUT2D eigenvalue weighted by molar-refractivity contribution is -0.116. The molecule has 2 aromatic heterocycles. The van der Waals surface area contributed by atoms with Gasteiger partial charge < -0.3 is 5.32 Å². The molecule has 3 aromatic rings. The number of carbonyl (C=O) groups is 1. The van der Waals surface area contributed by atoms with E-state index in [1.165, 1.54) is 15.3 Å². The summed E-state index contributed by atoms with van der Waals surface area (Å²) in [6, 6.07) is 10.6. The summed E-state index contributed by atoms with van der Waals surface area (Å²) in [7, 11) is -0.442. The Morgan fingerprint density at radius 2 is 2.28 bits per heavy atom. The third kappa shape index (κ3) is 3.27. The number of fused-ring (bicyclic) bond motifs is 1. The van der Waals surface area contributed by atoms with Gasteiger partial charge in [-0.15, -0.1) is 11.3 Å². The summed E-state index contributed by atoms with van der Waals surface area (Å²) in [6.45, 7) is 1.99. The van der Waals surface area contributed by atoms with E-state index in [1.54, 1.807) is 11.3 Å². The topological polar surface area (TPSA) is 57.8 Å². The predicted octanol–water partition coefficient (Wildman–Crippen LogP) is 5.29. The number of carbonyl (C=O) groups excluding carboxylic acids is 1. The summed E-state index contributed by atoms with van der Waals surface area (Å²) in [4.78, 5) is 14.4.